The molecule has 37 heavy (non-hydrogen) atoms. The van der Waals surface area contributed by atoms with Crippen molar-refractivity contribution in [3.8, 4) is 11.8 Å². The zero-order valence-corrected chi connectivity index (χ0v) is 21.3. The van der Waals surface area contributed by atoms with Crippen LogP contribution in [0.25, 0.3) is 0 Å². The zero-order chi connectivity index (χ0) is 25.1. The van der Waals surface area contributed by atoms with Crippen LogP contribution in [0.1, 0.15) is 34.4 Å². The number of rotatable bonds is 8. The third-order valence-electron chi connectivity index (χ3n) is 7.09. The van der Waals surface area contributed by atoms with Crippen LogP contribution in [0.5, 0.6) is 0 Å². The second kappa shape index (κ2) is 13.0. The molecule has 1 N–H and O–H groups in total. The molecule has 4 aromatic carbocycles. The number of hydrogen-bond donors (Lipinski definition) is 1. The maximum atomic E-state index is 6.26. The van der Waals surface area contributed by atoms with E-state index in [1.165, 1.54) is 11.1 Å². The topological polar surface area (TPSA) is 16.9 Å². The van der Waals surface area contributed by atoms with Crippen LogP contribution in [0.15, 0.2) is 121 Å². The predicted molar refractivity (Wildman–Crippen MR) is 150 cm³/mol. The first-order chi connectivity index (χ1) is 18.4. The maximum Gasteiger partial charge on any atom is 0.139 e. The summed E-state index contributed by atoms with van der Waals surface area (Å²) in [6.07, 6.45) is -0.0968. The van der Waals surface area contributed by atoms with Gasteiger partial charge in [0.2, 0.25) is 0 Å². The molecule has 0 spiro atoms. The van der Waals surface area contributed by atoms with Gasteiger partial charge in [-0.25, -0.2) is 0 Å². The molecule has 0 saturated carbocycles. The van der Waals surface area contributed by atoms with Crippen molar-refractivity contribution in [3.05, 3.63) is 144 Å². The third kappa shape index (κ3) is 6.76. The van der Waals surface area contributed by atoms with Gasteiger partial charge in [-0.3, -0.25) is 4.90 Å². The lowest BCUT2D eigenvalue weighted by Gasteiger charge is -2.37. The molecule has 0 aliphatic carbocycles. The number of benzene rings is 4. The summed E-state index contributed by atoms with van der Waals surface area (Å²) in [5, 5.41) is 0. The Morgan fingerprint density at radius 1 is 0.595 bits per heavy atom. The van der Waals surface area contributed by atoms with Crippen molar-refractivity contribution in [3.63, 3.8) is 0 Å². The summed E-state index contributed by atoms with van der Waals surface area (Å²) in [6, 6.07) is 42.9. The van der Waals surface area contributed by atoms with Crippen molar-refractivity contribution < 1.29 is 9.64 Å². The molecule has 1 aliphatic rings. The van der Waals surface area contributed by atoms with Crippen LogP contribution >= 0.6 is 0 Å². The first-order valence-electron chi connectivity index (χ1n) is 13.2. The number of ether oxygens (including phenoxy) is 1. The van der Waals surface area contributed by atoms with Crippen LogP contribution in [-0.2, 0) is 4.74 Å². The van der Waals surface area contributed by atoms with E-state index in [1.54, 1.807) is 4.90 Å². The van der Waals surface area contributed by atoms with E-state index in [2.05, 4.69) is 126 Å². The van der Waals surface area contributed by atoms with Gasteiger partial charge in [-0.15, -0.1) is 0 Å². The number of hydrogen-bond acceptors (Lipinski definition) is 2. The summed E-state index contributed by atoms with van der Waals surface area (Å²) in [7, 11) is 0. The fourth-order valence-electron chi connectivity index (χ4n) is 5.16. The molecule has 1 fully saturated rings. The number of nitrogens with one attached hydrogen (secondary N) is 1. The fourth-order valence-corrected chi connectivity index (χ4v) is 5.16. The monoisotopic (exact) mass is 487 g/mol. The quantitative estimate of drug-likeness (QED) is 0.360. The minimum atomic E-state index is -0.0968. The van der Waals surface area contributed by atoms with Gasteiger partial charge in [-0.05, 0) is 28.2 Å². The molecule has 0 aromatic heterocycles. The van der Waals surface area contributed by atoms with Gasteiger partial charge < -0.3 is 9.64 Å². The Morgan fingerprint density at radius 3 is 1.49 bits per heavy atom. The van der Waals surface area contributed by atoms with E-state index in [0.29, 0.717) is 12.6 Å². The summed E-state index contributed by atoms with van der Waals surface area (Å²) < 4.78 is 6.26. The minimum Gasteiger partial charge on any atom is -0.356 e. The highest BCUT2D eigenvalue weighted by atomic mass is 16.5. The maximum absolute atomic E-state index is 6.26. The fraction of sp³-hybridized carbons (Fsp3) is 0.235. The van der Waals surface area contributed by atoms with Gasteiger partial charge in [-0.2, -0.15) is 0 Å². The predicted octanol–water partition coefficient (Wildman–Crippen LogP) is 4.79. The molecule has 0 amide bonds. The second-order valence-electron chi connectivity index (χ2n) is 9.55. The molecule has 1 heterocycles. The Hall–Kier alpha value is -3.68. The van der Waals surface area contributed by atoms with Crippen LogP contribution in [-0.4, -0.2) is 44.2 Å². The van der Waals surface area contributed by atoms with Crippen molar-refractivity contribution in [2.45, 2.75) is 12.1 Å². The van der Waals surface area contributed by atoms with E-state index in [0.717, 1.165) is 43.9 Å². The molecule has 0 unspecified atom stereocenters. The summed E-state index contributed by atoms with van der Waals surface area (Å²) >= 11 is 0. The van der Waals surface area contributed by atoms with E-state index < -0.39 is 0 Å². The van der Waals surface area contributed by atoms with Crippen LogP contribution in [0.2, 0.25) is 0 Å². The summed E-state index contributed by atoms with van der Waals surface area (Å²) in [5.41, 5.74) is 5.04. The minimum absolute atomic E-state index is 0.0968. The van der Waals surface area contributed by atoms with Gasteiger partial charge >= 0.3 is 0 Å². The molecule has 5 rings (SSSR count). The summed E-state index contributed by atoms with van der Waals surface area (Å²) in [5.74, 6) is 6.67. The Bertz CT molecular complexity index is 1180. The van der Waals surface area contributed by atoms with Gasteiger partial charge in [0.25, 0.3) is 0 Å². The number of piperazine rings is 1. The Morgan fingerprint density at radius 2 is 1.03 bits per heavy atom. The normalized spacial score (nSPS) is 14.4. The molecule has 0 bridgehead atoms. The molecular weight excluding hydrogens is 452 g/mol. The van der Waals surface area contributed by atoms with Crippen molar-refractivity contribution in [2.75, 3.05) is 39.3 Å². The van der Waals surface area contributed by atoms with Crippen LogP contribution in [0.4, 0.5) is 0 Å². The van der Waals surface area contributed by atoms with E-state index in [1.807, 2.05) is 12.1 Å². The highest BCUT2D eigenvalue weighted by Crippen LogP contribution is 2.28. The molecule has 3 nitrogen and oxygen atoms in total. The molecule has 4 aromatic rings. The lowest BCUT2D eigenvalue weighted by molar-refractivity contribution is -0.897. The van der Waals surface area contributed by atoms with Gasteiger partial charge in [0.05, 0.1) is 19.1 Å². The van der Waals surface area contributed by atoms with E-state index in [4.69, 9.17) is 4.74 Å². The van der Waals surface area contributed by atoms with Crippen LogP contribution in [0.3, 0.4) is 0 Å². The third-order valence-corrected chi connectivity index (χ3v) is 7.09. The lowest BCUT2D eigenvalue weighted by atomic mass is 9.96. The Balaban J connectivity index is 1.16. The van der Waals surface area contributed by atoms with Gasteiger partial charge in [-0.1, -0.05) is 127 Å². The molecule has 0 atom stereocenters. The number of quaternary nitrogens is 1. The Kier molecular flexibility index (Phi) is 8.80. The molecule has 3 heteroatoms. The lowest BCUT2D eigenvalue weighted by Crippen LogP contribution is -3.14. The highest BCUT2D eigenvalue weighted by Gasteiger charge is 2.27. The first-order valence-corrected chi connectivity index (χ1v) is 13.2. The van der Waals surface area contributed by atoms with Gasteiger partial charge in [0, 0.05) is 13.1 Å². The van der Waals surface area contributed by atoms with E-state index in [-0.39, 0.29) is 6.10 Å². The molecule has 186 valence electrons. The molecule has 1 aliphatic heterocycles. The van der Waals surface area contributed by atoms with Gasteiger partial charge in [0.15, 0.2) is 0 Å². The Labute approximate surface area is 221 Å². The molecule has 0 radical (unpaired) electrons. The largest absolute Gasteiger partial charge is 0.356 e. The standard InChI is InChI=1S/C34H34N2O/c1-5-15-29(16-6-1)33(30-17-7-2-8-18-30)36-26-24-35(25-27-36)23-13-14-28-37-34(31-19-9-3-10-20-31)32-21-11-4-12-22-32/h1-12,15-22,33-34H,23-28H2/p+1. The van der Waals surface area contributed by atoms with Crippen molar-refractivity contribution in [2.24, 2.45) is 0 Å². The smallest absolute Gasteiger partial charge is 0.139 e. The van der Waals surface area contributed by atoms with Crippen LogP contribution < -0.4 is 4.90 Å². The van der Waals surface area contributed by atoms with Crippen molar-refractivity contribution in [1.29, 1.82) is 0 Å². The summed E-state index contributed by atoms with van der Waals surface area (Å²) in [6.45, 7) is 5.61. The van der Waals surface area contributed by atoms with E-state index >= 15 is 0 Å². The summed E-state index contributed by atoms with van der Waals surface area (Å²) in [4.78, 5) is 4.17. The average Bonchev–Trinajstić information content (AvgIpc) is 2.98. The number of nitrogens with zero attached hydrogens (tertiary/aromatic N) is 1. The van der Waals surface area contributed by atoms with Crippen molar-refractivity contribution >= 4 is 0 Å². The van der Waals surface area contributed by atoms with Crippen LogP contribution in [0, 0.1) is 11.8 Å². The zero-order valence-electron chi connectivity index (χ0n) is 21.3. The van der Waals surface area contributed by atoms with Crippen molar-refractivity contribution in [1.82, 2.24) is 4.90 Å². The highest BCUT2D eigenvalue weighted by molar-refractivity contribution is 5.32. The first kappa shape index (κ1) is 25.0. The average molecular weight is 488 g/mol. The SMILES string of the molecule is C(#CC[NH+]1CCN(C(c2ccccc2)c2ccccc2)CC1)COC(c1ccccc1)c1ccccc1. The van der Waals surface area contributed by atoms with E-state index in [9.17, 15) is 0 Å². The molecular formula is C34H35N2O+. The second-order valence-corrected chi connectivity index (χ2v) is 9.55. The molecule has 1 saturated heterocycles. The van der Waals surface area contributed by atoms with Gasteiger partial charge in [0.1, 0.15) is 19.3 Å².